The molecule has 2 aliphatic rings. The summed E-state index contributed by atoms with van der Waals surface area (Å²) >= 11 is 0. The molecule has 20 heavy (non-hydrogen) atoms. The number of nitrogens with one attached hydrogen (secondary N) is 3. The number of fused-ring (bicyclic) bond motifs is 1. The molecule has 1 atom stereocenters. The van der Waals surface area contributed by atoms with E-state index in [0.29, 0.717) is 6.42 Å². The molecular weight excluding hydrogens is 252 g/mol. The maximum atomic E-state index is 12.0. The number of hydrogen-bond donors (Lipinski definition) is 3. The van der Waals surface area contributed by atoms with Crippen LogP contribution in [0.4, 0.5) is 5.69 Å². The summed E-state index contributed by atoms with van der Waals surface area (Å²) in [5.41, 5.74) is 3.08. The van der Waals surface area contributed by atoms with E-state index in [2.05, 4.69) is 28.8 Å². The van der Waals surface area contributed by atoms with Gasteiger partial charge >= 0.3 is 0 Å². The summed E-state index contributed by atoms with van der Waals surface area (Å²) in [6.07, 6.45) is 2.58. The number of guanidine groups is 1. The van der Waals surface area contributed by atoms with Gasteiger partial charge in [0, 0.05) is 19.3 Å². The molecule has 0 radical (unpaired) electrons. The lowest BCUT2D eigenvalue weighted by Gasteiger charge is -2.40. The van der Waals surface area contributed by atoms with Gasteiger partial charge in [-0.1, -0.05) is 12.1 Å². The van der Waals surface area contributed by atoms with Crippen molar-refractivity contribution in [2.45, 2.75) is 31.7 Å². The molecule has 0 unspecified atom stereocenters. The zero-order valence-corrected chi connectivity index (χ0v) is 11.9. The standard InChI is InChI=1S/C15H20N4O/c1-15(9-13(20)19(2)14(16)18-15)11-5-6-12-10(8-11)4-3-7-17-12/h5-6,8,17H,3-4,7,9H2,1-2H3,(H2,16,18)/t15-/m0/s1. The van der Waals surface area contributed by atoms with Gasteiger partial charge in [-0.15, -0.1) is 0 Å². The summed E-state index contributed by atoms with van der Waals surface area (Å²) in [6.45, 7) is 3.01. The third-order valence-corrected chi connectivity index (χ3v) is 4.29. The van der Waals surface area contributed by atoms with Crippen LogP contribution in [0.1, 0.15) is 30.9 Å². The Hall–Kier alpha value is -2.04. The van der Waals surface area contributed by atoms with Crippen LogP contribution in [-0.4, -0.2) is 30.4 Å². The summed E-state index contributed by atoms with van der Waals surface area (Å²) in [7, 11) is 1.63. The van der Waals surface area contributed by atoms with Gasteiger partial charge in [0.2, 0.25) is 5.91 Å². The van der Waals surface area contributed by atoms with E-state index in [9.17, 15) is 4.79 Å². The van der Waals surface area contributed by atoms with E-state index in [1.807, 2.05) is 6.92 Å². The van der Waals surface area contributed by atoms with E-state index in [0.717, 1.165) is 24.9 Å². The van der Waals surface area contributed by atoms with Gasteiger partial charge in [0.15, 0.2) is 5.96 Å². The fraction of sp³-hybridized carbons (Fsp3) is 0.467. The Bertz CT molecular complexity index is 563. The first-order valence-electron chi connectivity index (χ1n) is 7.00. The fourth-order valence-corrected chi connectivity index (χ4v) is 2.93. The number of amides is 1. The predicted octanol–water partition coefficient (Wildman–Crippen LogP) is 1.65. The largest absolute Gasteiger partial charge is 0.385 e. The molecule has 1 saturated heterocycles. The van der Waals surface area contributed by atoms with Crippen LogP contribution < -0.4 is 10.6 Å². The van der Waals surface area contributed by atoms with Gasteiger partial charge in [0.25, 0.3) is 0 Å². The third-order valence-electron chi connectivity index (χ3n) is 4.29. The molecule has 2 heterocycles. The summed E-state index contributed by atoms with van der Waals surface area (Å²) in [6, 6.07) is 6.31. The second-order valence-electron chi connectivity index (χ2n) is 5.84. The van der Waals surface area contributed by atoms with Crippen molar-refractivity contribution in [2.24, 2.45) is 0 Å². The molecule has 0 bridgehead atoms. The highest BCUT2D eigenvalue weighted by Gasteiger charge is 2.38. The number of anilines is 1. The van der Waals surface area contributed by atoms with Crippen molar-refractivity contribution in [1.82, 2.24) is 10.2 Å². The van der Waals surface area contributed by atoms with Crippen LogP contribution in [0.15, 0.2) is 18.2 Å². The van der Waals surface area contributed by atoms with Crippen molar-refractivity contribution < 1.29 is 4.79 Å². The molecule has 1 amide bonds. The van der Waals surface area contributed by atoms with Gasteiger partial charge in [-0.3, -0.25) is 15.1 Å². The molecule has 0 spiro atoms. The lowest BCUT2D eigenvalue weighted by Crippen LogP contribution is -2.58. The van der Waals surface area contributed by atoms with Crippen molar-refractivity contribution in [3.05, 3.63) is 29.3 Å². The normalized spacial score (nSPS) is 25.8. The third kappa shape index (κ3) is 2.03. The number of hydrogen-bond acceptors (Lipinski definition) is 3. The van der Waals surface area contributed by atoms with Crippen LogP contribution in [-0.2, 0) is 16.8 Å². The summed E-state index contributed by atoms with van der Waals surface area (Å²) in [4.78, 5) is 13.4. The highest BCUT2D eigenvalue weighted by molar-refractivity contribution is 5.98. The predicted molar refractivity (Wildman–Crippen MR) is 78.9 cm³/mol. The maximum absolute atomic E-state index is 12.0. The highest BCUT2D eigenvalue weighted by Crippen LogP contribution is 2.32. The van der Waals surface area contributed by atoms with Crippen LogP contribution >= 0.6 is 0 Å². The van der Waals surface area contributed by atoms with Crippen molar-refractivity contribution in [3.63, 3.8) is 0 Å². The highest BCUT2D eigenvalue weighted by atomic mass is 16.2. The number of nitrogens with zero attached hydrogens (tertiary/aromatic N) is 1. The number of benzene rings is 1. The minimum absolute atomic E-state index is 0.0212. The first-order chi connectivity index (χ1) is 9.49. The van der Waals surface area contributed by atoms with Crippen LogP contribution in [0.25, 0.3) is 0 Å². The van der Waals surface area contributed by atoms with Gasteiger partial charge in [0.1, 0.15) is 0 Å². The van der Waals surface area contributed by atoms with E-state index in [1.54, 1.807) is 7.05 Å². The van der Waals surface area contributed by atoms with Gasteiger partial charge in [-0.05, 0) is 37.0 Å². The fourth-order valence-electron chi connectivity index (χ4n) is 2.93. The molecule has 0 saturated carbocycles. The Labute approximate surface area is 118 Å². The topological polar surface area (TPSA) is 68.2 Å². The van der Waals surface area contributed by atoms with Gasteiger partial charge in [-0.25, -0.2) is 0 Å². The van der Waals surface area contributed by atoms with Gasteiger partial charge in [0.05, 0.1) is 12.0 Å². The maximum Gasteiger partial charge on any atom is 0.231 e. The molecule has 1 aromatic carbocycles. The molecule has 0 aliphatic carbocycles. The lowest BCUT2D eigenvalue weighted by atomic mass is 9.84. The molecule has 3 N–H and O–H groups in total. The Balaban J connectivity index is 1.95. The van der Waals surface area contributed by atoms with Crippen LogP contribution in [0, 0.1) is 5.41 Å². The van der Waals surface area contributed by atoms with Crippen LogP contribution in [0.3, 0.4) is 0 Å². The Morgan fingerprint density at radius 2 is 2.20 bits per heavy atom. The molecule has 2 aliphatic heterocycles. The molecule has 0 aromatic heterocycles. The van der Waals surface area contributed by atoms with E-state index < -0.39 is 5.54 Å². The number of carbonyl (C=O) groups excluding carboxylic acids is 1. The van der Waals surface area contributed by atoms with Crippen molar-refractivity contribution in [2.75, 3.05) is 18.9 Å². The number of carbonyl (C=O) groups is 1. The van der Waals surface area contributed by atoms with E-state index in [1.165, 1.54) is 16.2 Å². The van der Waals surface area contributed by atoms with Crippen molar-refractivity contribution in [3.8, 4) is 0 Å². The first-order valence-corrected chi connectivity index (χ1v) is 7.00. The summed E-state index contributed by atoms with van der Waals surface area (Å²) in [5.74, 6) is 0.145. The molecular formula is C15H20N4O. The van der Waals surface area contributed by atoms with E-state index >= 15 is 0 Å². The second kappa shape index (κ2) is 4.51. The lowest BCUT2D eigenvalue weighted by molar-refractivity contribution is -0.129. The second-order valence-corrected chi connectivity index (χ2v) is 5.84. The summed E-state index contributed by atoms with van der Waals surface area (Å²) < 4.78 is 0. The number of rotatable bonds is 1. The van der Waals surface area contributed by atoms with Crippen molar-refractivity contribution >= 4 is 17.6 Å². The molecule has 1 aromatic rings. The van der Waals surface area contributed by atoms with Crippen LogP contribution in [0.5, 0.6) is 0 Å². The van der Waals surface area contributed by atoms with E-state index in [4.69, 9.17) is 5.41 Å². The molecule has 106 valence electrons. The molecule has 3 rings (SSSR count). The smallest absolute Gasteiger partial charge is 0.231 e. The monoisotopic (exact) mass is 272 g/mol. The van der Waals surface area contributed by atoms with E-state index in [-0.39, 0.29) is 11.9 Å². The Kier molecular flexibility index (Phi) is 2.92. The molecule has 1 fully saturated rings. The Morgan fingerprint density at radius 1 is 1.40 bits per heavy atom. The first kappa shape index (κ1) is 13.0. The summed E-state index contributed by atoms with van der Waals surface area (Å²) in [5, 5.41) is 14.5. The Morgan fingerprint density at radius 3 is 2.95 bits per heavy atom. The molecule has 5 heteroatoms. The van der Waals surface area contributed by atoms with Crippen molar-refractivity contribution in [1.29, 1.82) is 5.41 Å². The minimum Gasteiger partial charge on any atom is -0.385 e. The van der Waals surface area contributed by atoms with Gasteiger partial charge in [-0.2, -0.15) is 0 Å². The number of aryl methyl sites for hydroxylation is 1. The quantitative estimate of drug-likeness (QED) is 0.728. The van der Waals surface area contributed by atoms with Crippen LogP contribution in [0.2, 0.25) is 0 Å². The zero-order valence-electron chi connectivity index (χ0n) is 11.9. The SMILES string of the molecule is CN1C(=N)N[C@](C)(c2ccc3c(c2)CCCN3)CC1=O. The van der Waals surface area contributed by atoms with Gasteiger partial charge < -0.3 is 10.6 Å². The molecule has 5 nitrogen and oxygen atoms in total. The minimum atomic E-state index is -0.493. The average molecular weight is 272 g/mol. The zero-order chi connectivity index (χ0) is 14.3. The average Bonchev–Trinajstić information content (AvgIpc) is 2.44.